The number of amides is 1. The lowest BCUT2D eigenvalue weighted by atomic mass is 10.0. The van der Waals surface area contributed by atoms with Gasteiger partial charge in [0.25, 0.3) is 5.91 Å². The standard InChI is InChI=1S/C30H28FN3O5/c1-19-4-3-5-20(12-19)13-23(35)14-21-6-7-24(16-26(21)31)39-25-8-10-32-28(17-25)27-15-22(18-34-27)30(37)33-11-9-29(36)38-2/h3-8,10,12,15-18,34H,9,11,13-14H2,1-2H3,(H,33,37). The third kappa shape index (κ3) is 7.61. The number of aryl methyl sites for hydroxylation is 1. The first kappa shape index (κ1) is 27.3. The van der Waals surface area contributed by atoms with Crippen LogP contribution in [-0.4, -0.2) is 41.3 Å². The molecular weight excluding hydrogens is 501 g/mol. The number of benzene rings is 2. The number of pyridine rings is 1. The van der Waals surface area contributed by atoms with Crippen LogP contribution in [0.25, 0.3) is 11.4 Å². The molecular formula is C30H28FN3O5. The molecule has 0 saturated heterocycles. The predicted octanol–water partition coefficient (Wildman–Crippen LogP) is 4.96. The zero-order valence-electron chi connectivity index (χ0n) is 21.6. The molecule has 39 heavy (non-hydrogen) atoms. The molecule has 200 valence electrons. The Bertz CT molecular complexity index is 1500. The summed E-state index contributed by atoms with van der Waals surface area (Å²) in [4.78, 5) is 43.3. The van der Waals surface area contributed by atoms with E-state index in [4.69, 9.17) is 4.74 Å². The Labute approximate surface area is 225 Å². The van der Waals surface area contributed by atoms with Crippen molar-refractivity contribution in [3.05, 3.63) is 101 Å². The van der Waals surface area contributed by atoms with Crippen molar-refractivity contribution in [3.63, 3.8) is 0 Å². The Morgan fingerprint density at radius 3 is 2.59 bits per heavy atom. The number of nitrogens with zero attached hydrogens (tertiary/aromatic N) is 1. The summed E-state index contributed by atoms with van der Waals surface area (Å²) >= 11 is 0. The minimum atomic E-state index is -0.522. The molecule has 0 atom stereocenters. The molecule has 9 heteroatoms. The average molecular weight is 530 g/mol. The van der Waals surface area contributed by atoms with Gasteiger partial charge in [-0.15, -0.1) is 0 Å². The second kappa shape index (κ2) is 12.6. The molecule has 4 rings (SSSR count). The Kier molecular flexibility index (Phi) is 8.83. The lowest BCUT2D eigenvalue weighted by molar-refractivity contribution is -0.140. The van der Waals surface area contributed by atoms with E-state index in [1.165, 1.54) is 25.6 Å². The molecule has 0 saturated carbocycles. The lowest BCUT2D eigenvalue weighted by Crippen LogP contribution is -2.25. The van der Waals surface area contributed by atoms with Gasteiger partial charge >= 0.3 is 5.97 Å². The molecule has 2 heterocycles. The smallest absolute Gasteiger partial charge is 0.307 e. The quantitative estimate of drug-likeness (QED) is 0.266. The van der Waals surface area contributed by atoms with Crippen LogP contribution in [-0.2, 0) is 27.2 Å². The average Bonchev–Trinajstić information content (AvgIpc) is 3.41. The molecule has 0 bridgehead atoms. The van der Waals surface area contributed by atoms with Gasteiger partial charge < -0.3 is 19.8 Å². The van der Waals surface area contributed by atoms with E-state index in [1.54, 1.807) is 30.3 Å². The van der Waals surface area contributed by atoms with Gasteiger partial charge in [-0.25, -0.2) is 4.39 Å². The van der Waals surface area contributed by atoms with E-state index in [2.05, 4.69) is 20.0 Å². The summed E-state index contributed by atoms with van der Waals surface area (Å²) in [6, 6.07) is 17.0. The SMILES string of the molecule is COC(=O)CCNC(=O)c1c[nH]c(-c2cc(Oc3ccc(CC(=O)Cc4cccc(C)c4)c(F)c3)ccn2)c1. The number of halogens is 1. The summed E-state index contributed by atoms with van der Waals surface area (Å²) < 4.78 is 25.2. The Balaban J connectivity index is 1.37. The van der Waals surface area contributed by atoms with Gasteiger partial charge in [0.15, 0.2) is 0 Å². The third-order valence-electron chi connectivity index (χ3n) is 5.93. The van der Waals surface area contributed by atoms with Gasteiger partial charge in [0.2, 0.25) is 0 Å². The van der Waals surface area contributed by atoms with Crippen molar-refractivity contribution in [2.45, 2.75) is 26.2 Å². The molecule has 2 aromatic carbocycles. The molecule has 0 aliphatic carbocycles. The highest BCUT2D eigenvalue weighted by Gasteiger charge is 2.13. The number of ketones is 1. The van der Waals surface area contributed by atoms with Gasteiger partial charge in [-0.05, 0) is 36.2 Å². The van der Waals surface area contributed by atoms with Crippen LogP contribution in [0.3, 0.4) is 0 Å². The number of methoxy groups -OCH3 is 1. The monoisotopic (exact) mass is 529 g/mol. The summed E-state index contributed by atoms with van der Waals surface area (Å²) in [6.45, 7) is 2.12. The highest BCUT2D eigenvalue weighted by molar-refractivity contribution is 5.95. The van der Waals surface area contributed by atoms with E-state index in [0.29, 0.717) is 28.3 Å². The molecule has 0 aliphatic rings. The fraction of sp³-hybridized carbons (Fsp3) is 0.200. The number of hydrogen-bond donors (Lipinski definition) is 2. The second-order valence-electron chi connectivity index (χ2n) is 9.00. The van der Waals surface area contributed by atoms with Crippen molar-refractivity contribution in [1.29, 1.82) is 0 Å². The van der Waals surface area contributed by atoms with Gasteiger partial charge in [0.05, 0.1) is 30.5 Å². The number of H-pyrrole nitrogens is 1. The Morgan fingerprint density at radius 2 is 1.82 bits per heavy atom. The zero-order valence-corrected chi connectivity index (χ0v) is 21.6. The molecule has 2 N–H and O–H groups in total. The van der Waals surface area contributed by atoms with Crippen molar-refractivity contribution >= 4 is 17.7 Å². The van der Waals surface area contributed by atoms with Crippen LogP contribution in [0.2, 0.25) is 0 Å². The summed E-state index contributed by atoms with van der Waals surface area (Å²) in [7, 11) is 1.29. The first-order chi connectivity index (χ1) is 18.8. The molecule has 0 unspecified atom stereocenters. The number of nitrogens with one attached hydrogen (secondary N) is 2. The van der Waals surface area contributed by atoms with Crippen LogP contribution < -0.4 is 10.1 Å². The van der Waals surface area contributed by atoms with Gasteiger partial charge in [-0.3, -0.25) is 19.4 Å². The number of esters is 1. The minimum Gasteiger partial charge on any atom is -0.469 e. The topological polar surface area (TPSA) is 110 Å². The van der Waals surface area contributed by atoms with Crippen molar-refractivity contribution in [2.24, 2.45) is 0 Å². The van der Waals surface area contributed by atoms with Crippen LogP contribution >= 0.6 is 0 Å². The summed E-state index contributed by atoms with van der Waals surface area (Å²) in [5.41, 5.74) is 3.74. The fourth-order valence-electron chi connectivity index (χ4n) is 3.97. The molecule has 8 nitrogen and oxygen atoms in total. The van der Waals surface area contributed by atoms with E-state index in [9.17, 15) is 18.8 Å². The van der Waals surface area contributed by atoms with Crippen molar-refractivity contribution in [3.8, 4) is 22.9 Å². The van der Waals surface area contributed by atoms with Gasteiger partial charge in [0.1, 0.15) is 23.1 Å². The number of Topliss-reactive ketones (excluding diaryl/α,β-unsaturated/α-hetero) is 1. The molecule has 2 aromatic heterocycles. The zero-order chi connectivity index (χ0) is 27.8. The maximum atomic E-state index is 14.8. The van der Waals surface area contributed by atoms with Crippen LogP contribution in [0.15, 0.2) is 73.1 Å². The first-order valence-electron chi connectivity index (χ1n) is 12.3. The maximum absolute atomic E-state index is 14.8. The number of aromatic amines is 1. The maximum Gasteiger partial charge on any atom is 0.307 e. The van der Waals surface area contributed by atoms with Crippen molar-refractivity contribution < 1.29 is 28.2 Å². The number of ether oxygens (including phenoxy) is 2. The molecule has 0 aliphatic heterocycles. The van der Waals surface area contributed by atoms with Gasteiger partial charge in [-0.2, -0.15) is 0 Å². The van der Waals surface area contributed by atoms with E-state index in [0.717, 1.165) is 11.1 Å². The fourth-order valence-corrected chi connectivity index (χ4v) is 3.97. The van der Waals surface area contributed by atoms with Gasteiger partial charge in [0, 0.05) is 43.9 Å². The van der Waals surface area contributed by atoms with Gasteiger partial charge in [-0.1, -0.05) is 35.9 Å². The van der Waals surface area contributed by atoms with E-state index >= 15 is 0 Å². The van der Waals surface area contributed by atoms with E-state index in [-0.39, 0.29) is 43.2 Å². The van der Waals surface area contributed by atoms with Crippen LogP contribution in [0, 0.1) is 12.7 Å². The number of hydrogen-bond acceptors (Lipinski definition) is 6. The largest absolute Gasteiger partial charge is 0.469 e. The van der Waals surface area contributed by atoms with Crippen molar-refractivity contribution in [2.75, 3.05) is 13.7 Å². The first-order valence-corrected chi connectivity index (χ1v) is 12.3. The van der Waals surface area contributed by atoms with E-state index < -0.39 is 11.8 Å². The molecule has 0 spiro atoms. The normalized spacial score (nSPS) is 10.6. The number of carbonyl (C=O) groups excluding carboxylic acids is 3. The van der Waals surface area contributed by atoms with Crippen LogP contribution in [0.1, 0.15) is 33.5 Å². The Morgan fingerprint density at radius 1 is 1.00 bits per heavy atom. The number of rotatable bonds is 11. The second-order valence-corrected chi connectivity index (χ2v) is 9.00. The molecule has 0 fully saturated rings. The van der Waals surface area contributed by atoms with Crippen LogP contribution in [0.5, 0.6) is 11.5 Å². The highest BCUT2D eigenvalue weighted by atomic mass is 19.1. The summed E-state index contributed by atoms with van der Waals surface area (Å²) in [5.74, 6) is -0.659. The van der Waals surface area contributed by atoms with Crippen molar-refractivity contribution in [1.82, 2.24) is 15.3 Å². The predicted molar refractivity (Wildman–Crippen MR) is 143 cm³/mol. The molecule has 1 amide bonds. The Hall–Kier alpha value is -4.79. The summed E-state index contributed by atoms with van der Waals surface area (Å²) in [5, 5.41) is 2.65. The molecule has 0 radical (unpaired) electrons. The number of carbonyl (C=O) groups is 3. The number of aromatic nitrogens is 2. The van der Waals surface area contributed by atoms with E-state index in [1.807, 2.05) is 31.2 Å². The molecule has 4 aromatic rings. The van der Waals surface area contributed by atoms with Crippen LogP contribution in [0.4, 0.5) is 4.39 Å². The lowest BCUT2D eigenvalue weighted by Gasteiger charge is -2.09. The third-order valence-corrected chi connectivity index (χ3v) is 5.93. The highest BCUT2D eigenvalue weighted by Crippen LogP contribution is 2.27. The minimum absolute atomic E-state index is 0.00904. The summed E-state index contributed by atoms with van der Waals surface area (Å²) in [6.07, 6.45) is 3.38.